The van der Waals surface area contributed by atoms with Gasteiger partial charge in [0.2, 0.25) is 0 Å². The van der Waals surface area contributed by atoms with Gasteiger partial charge in [-0.15, -0.1) is 0 Å². The Morgan fingerprint density at radius 3 is 2.31 bits per heavy atom. The van der Waals surface area contributed by atoms with Crippen molar-refractivity contribution in [2.24, 2.45) is 11.8 Å². The van der Waals surface area contributed by atoms with Crippen molar-refractivity contribution < 1.29 is 19.4 Å². The SMILES string of the molecule is CC1C(NC(=O)OC(C)(C)C)CC1C(=O)O. The molecule has 5 nitrogen and oxygen atoms in total. The summed E-state index contributed by atoms with van der Waals surface area (Å²) >= 11 is 0. The lowest BCUT2D eigenvalue weighted by molar-refractivity contribution is -0.148. The molecule has 0 radical (unpaired) electrons. The standard InChI is InChI=1S/C11H19NO4/c1-6-7(9(13)14)5-8(6)12-10(15)16-11(2,3)4/h6-8H,5H2,1-4H3,(H,12,15)(H,13,14). The molecule has 0 spiro atoms. The van der Waals surface area contributed by atoms with Gasteiger partial charge in [-0.2, -0.15) is 0 Å². The van der Waals surface area contributed by atoms with Crippen LogP contribution in [0.3, 0.4) is 0 Å². The van der Waals surface area contributed by atoms with Gasteiger partial charge in [0.25, 0.3) is 0 Å². The summed E-state index contributed by atoms with van der Waals surface area (Å²) in [4.78, 5) is 22.1. The van der Waals surface area contributed by atoms with E-state index in [2.05, 4.69) is 5.32 Å². The minimum absolute atomic E-state index is 0.0370. The lowest BCUT2D eigenvalue weighted by Crippen LogP contribution is -2.54. The molecule has 1 aliphatic rings. The molecule has 1 fully saturated rings. The van der Waals surface area contributed by atoms with Gasteiger partial charge in [-0.25, -0.2) is 4.79 Å². The number of hydrogen-bond donors (Lipinski definition) is 2. The van der Waals surface area contributed by atoms with E-state index in [0.29, 0.717) is 6.42 Å². The quantitative estimate of drug-likeness (QED) is 0.754. The van der Waals surface area contributed by atoms with Crippen molar-refractivity contribution in [3.05, 3.63) is 0 Å². The number of aliphatic carboxylic acids is 1. The monoisotopic (exact) mass is 229 g/mol. The highest BCUT2D eigenvalue weighted by Gasteiger charge is 2.43. The molecule has 0 aromatic heterocycles. The number of carboxylic acid groups (broad SMARTS) is 1. The first-order chi connectivity index (χ1) is 7.20. The molecule has 0 aromatic rings. The molecule has 2 N–H and O–H groups in total. The minimum Gasteiger partial charge on any atom is -0.481 e. The zero-order valence-corrected chi connectivity index (χ0v) is 10.1. The van der Waals surface area contributed by atoms with Gasteiger partial charge < -0.3 is 15.2 Å². The number of rotatable bonds is 2. The molecule has 1 aliphatic carbocycles. The summed E-state index contributed by atoms with van der Waals surface area (Å²) in [6, 6.07) is -0.0871. The molecule has 0 heterocycles. The third kappa shape index (κ3) is 3.12. The Balaban J connectivity index is 2.36. The van der Waals surface area contributed by atoms with Gasteiger partial charge in [-0.1, -0.05) is 6.92 Å². The predicted octanol–water partition coefficient (Wildman–Crippen LogP) is 1.62. The molecule has 3 atom stereocenters. The van der Waals surface area contributed by atoms with E-state index in [4.69, 9.17) is 9.84 Å². The lowest BCUT2D eigenvalue weighted by atomic mass is 9.70. The maximum absolute atomic E-state index is 11.4. The number of alkyl carbamates (subject to hydrolysis) is 1. The van der Waals surface area contributed by atoms with Crippen molar-refractivity contribution in [1.82, 2.24) is 5.32 Å². The summed E-state index contributed by atoms with van der Waals surface area (Å²) in [6.07, 6.45) is 0.00336. The molecule has 0 saturated heterocycles. The maximum atomic E-state index is 11.4. The van der Waals surface area contributed by atoms with Crippen molar-refractivity contribution >= 4 is 12.1 Å². The van der Waals surface area contributed by atoms with Crippen LogP contribution in [0, 0.1) is 11.8 Å². The van der Waals surface area contributed by atoms with Gasteiger partial charge in [0.1, 0.15) is 5.60 Å². The average Bonchev–Trinajstić information content (AvgIpc) is 2.07. The summed E-state index contributed by atoms with van der Waals surface area (Å²) < 4.78 is 5.09. The van der Waals surface area contributed by atoms with E-state index < -0.39 is 17.7 Å². The first-order valence-electron chi connectivity index (χ1n) is 5.43. The molecular formula is C11H19NO4. The number of hydrogen-bond acceptors (Lipinski definition) is 3. The summed E-state index contributed by atoms with van der Waals surface area (Å²) in [6.45, 7) is 7.19. The molecule has 92 valence electrons. The highest BCUT2D eigenvalue weighted by atomic mass is 16.6. The topological polar surface area (TPSA) is 75.6 Å². The highest BCUT2D eigenvalue weighted by molar-refractivity contribution is 5.73. The van der Waals surface area contributed by atoms with Gasteiger partial charge >= 0.3 is 12.1 Å². The van der Waals surface area contributed by atoms with Crippen LogP contribution in [0.5, 0.6) is 0 Å². The van der Waals surface area contributed by atoms with E-state index in [1.165, 1.54) is 0 Å². The Hall–Kier alpha value is -1.26. The van der Waals surface area contributed by atoms with Crippen LogP contribution in [0.1, 0.15) is 34.1 Å². The second kappa shape index (κ2) is 4.31. The van der Waals surface area contributed by atoms with Crippen LogP contribution in [-0.2, 0) is 9.53 Å². The summed E-state index contributed by atoms with van der Waals surface area (Å²) in [5.74, 6) is -1.18. The van der Waals surface area contributed by atoms with Crippen LogP contribution in [0.4, 0.5) is 4.79 Å². The number of carbonyl (C=O) groups is 2. The first kappa shape index (κ1) is 12.8. The average molecular weight is 229 g/mol. The third-order valence-corrected chi connectivity index (χ3v) is 2.80. The second-order valence-corrected chi connectivity index (χ2v) is 5.29. The van der Waals surface area contributed by atoms with Crippen LogP contribution in [0.2, 0.25) is 0 Å². The lowest BCUT2D eigenvalue weighted by Gasteiger charge is -2.40. The zero-order chi connectivity index (χ0) is 12.5. The van der Waals surface area contributed by atoms with Crippen LogP contribution in [0.15, 0.2) is 0 Å². The van der Waals surface area contributed by atoms with E-state index in [0.717, 1.165) is 0 Å². The van der Waals surface area contributed by atoms with Crippen molar-refractivity contribution in [1.29, 1.82) is 0 Å². The van der Waals surface area contributed by atoms with Gasteiger partial charge in [-0.05, 0) is 33.1 Å². The van der Waals surface area contributed by atoms with Crippen LogP contribution >= 0.6 is 0 Å². The summed E-state index contributed by atoms with van der Waals surface area (Å²) in [7, 11) is 0. The number of nitrogens with one attached hydrogen (secondary N) is 1. The maximum Gasteiger partial charge on any atom is 0.407 e. The molecule has 3 unspecified atom stereocenters. The Kier molecular flexibility index (Phi) is 3.45. The Labute approximate surface area is 95.2 Å². The van der Waals surface area contributed by atoms with E-state index in [9.17, 15) is 9.59 Å². The third-order valence-electron chi connectivity index (χ3n) is 2.80. The largest absolute Gasteiger partial charge is 0.481 e. The van der Waals surface area contributed by atoms with E-state index >= 15 is 0 Å². The normalized spacial score (nSPS) is 29.1. The van der Waals surface area contributed by atoms with Gasteiger partial charge in [0.05, 0.1) is 5.92 Å². The molecule has 0 aromatic carbocycles. The zero-order valence-electron chi connectivity index (χ0n) is 10.1. The Morgan fingerprint density at radius 1 is 1.38 bits per heavy atom. The van der Waals surface area contributed by atoms with Crippen LogP contribution in [0.25, 0.3) is 0 Å². The molecule has 1 amide bonds. The van der Waals surface area contributed by atoms with Crippen molar-refractivity contribution in [2.75, 3.05) is 0 Å². The Bertz CT molecular complexity index is 295. The van der Waals surface area contributed by atoms with E-state index in [-0.39, 0.29) is 17.9 Å². The van der Waals surface area contributed by atoms with Gasteiger partial charge in [0.15, 0.2) is 0 Å². The molecule has 0 bridgehead atoms. The Morgan fingerprint density at radius 2 is 1.94 bits per heavy atom. The van der Waals surface area contributed by atoms with Crippen molar-refractivity contribution in [3.63, 3.8) is 0 Å². The minimum atomic E-state index is -0.797. The molecular weight excluding hydrogens is 210 g/mol. The fraction of sp³-hybridized carbons (Fsp3) is 0.818. The summed E-state index contributed by atoms with van der Waals surface area (Å²) in [5.41, 5.74) is -0.525. The van der Waals surface area contributed by atoms with Gasteiger partial charge in [0, 0.05) is 6.04 Å². The fourth-order valence-corrected chi connectivity index (χ4v) is 1.76. The van der Waals surface area contributed by atoms with Crippen LogP contribution < -0.4 is 5.32 Å². The van der Waals surface area contributed by atoms with Gasteiger partial charge in [-0.3, -0.25) is 4.79 Å². The molecule has 1 saturated carbocycles. The van der Waals surface area contributed by atoms with Crippen molar-refractivity contribution in [2.45, 2.75) is 45.8 Å². The van der Waals surface area contributed by atoms with E-state index in [1.54, 1.807) is 20.8 Å². The molecule has 5 heteroatoms. The second-order valence-electron chi connectivity index (χ2n) is 5.29. The number of carboxylic acids is 1. The number of carbonyl (C=O) groups excluding carboxylic acids is 1. The number of ether oxygens (including phenoxy) is 1. The molecule has 0 aliphatic heterocycles. The molecule has 16 heavy (non-hydrogen) atoms. The molecule has 1 rings (SSSR count). The predicted molar refractivity (Wildman–Crippen MR) is 58.1 cm³/mol. The fourth-order valence-electron chi connectivity index (χ4n) is 1.76. The van der Waals surface area contributed by atoms with Crippen LogP contribution in [-0.4, -0.2) is 28.8 Å². The summed E-state index contributed by atoms with van der Waals surface area (Å²) in [5, 5.41) is 11.5. The smallest absolute Gasteiger partial charge is 0.407 e. The number of amides is 1. The highest BCUT2D eigenvalue weighted by Crippen LogP contribution is 2.34. The first-order valence-corrected chi connectivity index (χ1v) is 5.43. The van der Waals surface area contributed by atoms with Crippen molar-refractivity contribution in [3.8, 4) is 0 Å². The van der Waals surface area contributed by atoms with E-state index in [1.807, 2.05) is 6.92 Å².